The maximum atomic E-state index is 3.95. The number of rotatable bonds is 5. The van der Waals surface area contributed by atoms with Gasteiger partial charge in [0.2, 0.25) is 0 Å². The molecule has 2 aliphatic carbocycles. The maximum absolute atomic E-state index is 3.95. The summed E-state index contributed by atoms with van der Waals surface area (Å²) in [5.41, 5.74) is 0. The van der Waals surface area contributed by atoms with Crippen LogP contribution in [0.4, 0.5) is 0 Å². The van der Waals surface area contributed by atoms with Gasteiger partial charge in [-0.3, -0.25) is 4.90 Å². The van der Waals surface area contributed by atoms with Crippen molar-refractivity contribution in [3.8, 4) is 0 Å². The molecule has 2 heteroatoms. The minimum atomic E-state index is 0.750. The van der Waals surface area contributed by atoms with Crippen LogP contribution in [0.15, 0.2) is 0 Å². The Kier molecular flexibility index (Phi) is 5.27. The van der Waals surface area contributed by atoms with Gasteiger partial charge in [-0.15, -0.1) is 0 Å². The molecule has 1 aliphatic heterocycles. The minimum Gasteiger partial charge on any atom is -0.312 e. The molecule has 1 N–H and O–H groups in total. The highest BCUT2D eigenvalue weighted by atomic mass is 15.2. The largest absolute Gasteiger partial charge is 0.312 e. The molecule has 2 saturated carbocycles. The van der Waals surface area contributed by atoms with Crippen molar-refractivity contribution in [2.24, 2.45) is 23.7 Å². The van der Waals surface area contributed by atoms with E-state index in [0.717, 1.165) is 35.8 Å². The molecule has 0 amide bonds. The Morgan fingerprint density at radius 1 is 1.05 bits per heavy atom. The Labute approximate surface area is 132 Å². The van der Waals surface area contributed by atoms with E-state index in [-0.39, 0.29) is 0 Å². The third-order valence-electron chi connectivity index (χ3n) is 6.67. The number of nitrogens with one attached hydrogen (secondary N) is 1. The van der Waals surface area contributed by atoms with E-state index in [1.807, 2.05) is 0 Å². The maximum Gasteiger partial charge on any atom is 0.0198 e. The standard InChI is InChI=1S/C19H36N2/c1-14(2)17-10-18(20-11-16-6-4-5-7-16)13-21(12-17)19-9-8-15(19)3/h14-20H,4-13H2,1-3H3. The van der Waals surface area contributed by atoms with E-state index in [2.05, 4.69) is 31.0 Å². The molecule has 1 heterocycles. The van der Waals surface area contributed by atoms with Gasteiger partial charge in [0.25, 0.3) is 0 Å². The molecule has 1 saturated heterocycles. The molecule has 21 heavy (non-hydrogen) atoms. The van der Waals surface area contributed by atoms with Crippen LogP contribution in [0.5, 0.6) is 0 Å². The number of hydrogen-bond acceptors (Lipinski definition) is 2. The normalized spacial score (nSPS) is 38.9. The molecule has 3 aliphatic rings. The van der Waals surface area contributed by atoms with Gasteiger partial charge in [0.05, 0.1) is 0 Å². The van der Waals surface area contributed by atoms with Gasteiger partial charge in [0.1, 0.15) is 0 Å². The zero-order valence-corrected chi connectivity index (χ0v) is 14.5. The third kappa shape index (κ3) is 3.82. The Bertz CT molecular complexity index is 322. The lowest BCUT2D eigenvalue weighted by atomic mass is 9.77. The summed E-state index contributed by atoms with van der Waals surface area (Å²) >= 11 is 0. The lowest BCUT2D eigenvalue weighted by Crippen LogP contribution is -2.57. The molecular weight excluding hydrogens is 256 g/mol. The van der Waals surface area contributed by atoms with Gasteiger partial charge in [0.15, 0.2) is 0 Å². The first-order chi connectivity index (χ1) is 10.1. The van der Waals surface area contributed by atoms with Gasteiger partial charge >= 0.3 is 0 Å². The Morgan fingerprint density at radius 2 is 1.81 bits per heavy atom. The zero-order chi connectivity index (χ0) is 14.8. The highest BCUT2D eigenvalue weighted by Crippen LogP contribution is 2.35. The van der Waals surface area contributed by atoms with Gasteiger partial charge in [-0.05, 0) is 62.3 Å². The van der Waals surface area contributed by atoms with Crippen LogP contribution in [0.2, 0.25) is 0 Å². The summed E-state index contributed by atoms with van der Waals surface area (Å²) in [7, 11) is 0. The molecule has 4 atom stereocenters. The van der Waals surface area contributed by atoms with Gasteiger partial charge in [-0.2, -0.15) is 0 Å². The number of piperidine rings is 1. The van der Waals surface area contributed by atoms with E-state index in [0.29, 0.717) is 0 Å². The Balaban J connectivity index is 1.54. The topological polar surface area (TPSA) is 15.3 Å². The highest BCUT2D eigenvalue weighted by Gasteiger charge is 2.38. The van der Waals surface area contributed by atoms with Crippen LogP contribution in [0, 0.1) is 23.7 Å². The molecule has 3 fully saturated rings. The second kappa shape index (κ2) is 7.00. The van der Waals surface area contributed by atoms with Crippen LogP contribution in [0.1, 0.15) is 65.7 Å². The van der Waals surface area contributed by atoms with Crippen LogP contribution < -0.4 is 5.32 Å². The molecule has 0 spiro atoms. The molecule has 3 rings (SSSR count). The molecule has 4 unspecified atom stereocenters. The van der Waals surface area contributed by atoms with Crippen molar-refractivity contribution >= 4 is 0 Å². The van der Waals surface area contributed by atoms with Gasteiger partial charge in [-0.25, -0.2) is 0 Å². The fraction of sp³-hybridized carbons (Fsp3) is 1.00. The van der Waals surface area contributed by atoms with E-state index in [1.165, 1.54) is 64.6 Å². The molecule has 2 nitrogen and oxygen atoms in total. The molecule has 0 aromatic carbocycles. The van der Waals surface area contributed by atoms with Crippen molar-refractivity contribution in [2.75, 3.05) is 19.6 Å². The van der Waals surface area contributed by atoms with E-state index in [9.17, 15) is 0 Å². The first-order valence-electron chi connectivity index (χ1n) is 9.61. The van der Waals surface area contributed by atoms with Crippen LogP contribution in [-0.2, 0) is 0 Å². The van der Waals surface area contributed by atoms with Crippen LogP contribution in [-0.4, -0.2) is 36.6 Å². The van der Waals surface area contributed by atoms with Crippen molar-refractivity contribution < 1.29 is 0 Å². The molecule has 0 radical (unpaired) electrons. The molecular formula is C19H36N2. The molecule has 0 bridgehead atoms. The van der Waals surface area contributed by atoms with Crippen molar-refractivity contribution in [3.63, 3.8) is 0 Å². The second-order valence-corrected chi connectivity index (χ2v) is 8.57. The fourth-order valence-corrected chi connectivity index (χ4v) is 4.81. The summed E-state index contributed by atoms with van der Waals surface area (Å²) in [6.07, 6.45) is 10.2. The van der Waals surface area contributed by atoms with Crippen molar-refractivity contribution in [3.05, 3.63) is 0 Å². The number of likely N-dealkylation sites (tertiary alicyclic amines) is 1. The summed E-state index contributed by atoms with van der Waals surface area (Å²) < 4.78 is 0. The average molecular weight is 293 g/mol. The zero-order valence-electron chi connectivity index (χ0n) is 14.5. The van der Waals surface area contributed by atoms with Crippen molar-refractivity contribution in [2.45, 2.75) is 77.8 Å². The Hall–Kier alpha value is -0.0800. The smallest absolute Gasteiger partial charge is 0.0198 e. The summed E-state index contributed by atoms with van der Waals surface area (Å²) in [5, 5.41) is 3.95. The number of nitrogens with zero attached hydrogens (tertiary/aromatic N) is 1. The van der Waals surface area contributed by atoms with Gasteiger partial charge in [-0.1, -0.05) is 33.6 Å². The molecule has 0 aromatic rings. The first-order valence-corrected chi connectivity index (χ1v) is 9.61. The predicted octanol–water partition coefficient (Wildman–Crippen LogP) is 3.91. The minimum absolute atomic E-state index is 0.750. The summed E-state index contributed by atoms with van der Waals surface area (Å²) in [4.78, 5) is 2.84. The fourth-order valence-electron chi connectivity index (χ4n) is 4.81. The average Bonchev–Trinajstić information content (AvgIpc) is 2.96. The summed E-state index contributed by atoms with van der Waals surface area (Å²) in [6, 6.07) is 1.64. The highest BCUT2D eigenvalue weighted by molar-refractivity contribution is 4.93. The lowest BCUT2D eigenvalue weighted by molar-refractivity contribution is 0.0127. The quantitative estimate of drug-likeness (QED) is 0.826. The van der Waals surface area contributed by atoms with Crippen molar-refractivity contribution in [1.29, 1.82) is 0 Å². The van der Waals surface area contributed by atoms with E-state index < -0.39 is 0 Å². The summed E-state index contributed by atoms with van der Waals surface area (Å²) in [5.74, 6) is 3.64. The van der Waals surface area contributed by atoms with Crippen LogP contribution in [0.3, 0.4) is 0 Å². The van der Waals surface area contributed by atoms with E-state index >= 15 is 0 Å². The van der Waals surface area contributed by atoms with Gasteiger partial charge < -0.3 is 5.32 Å². The van der Waals surface area contributed by atoms with Gasteiger partial charge in [0, 0.05) is 25.2 Å². The van der Waals surface area contributed by atoms with Crippen LogP contribution in [0.25, 0.3) is 0 Å². The SMILES string of the molecule is CC(C)C1CC(NCC2CCCC2)CN(C2CCC2C)C1. The van der Waals surface area contributed by atoms with Crippen molar-refractivity contribution in [1.82, 2.24) is 10.2 Å². The first kappa shape index (κ1) is 15.8. The monoisotopic (exact) mass is 292 g/mol. The predicted molar refractivity (Wildman–Crippen MR) is 90.5 cm³/mol. The second-order valence-electron chi connectivity index (χ2n) is 8.57. The number of hydrogen-bond donors (Lipinski definition) is 1. The molecule has 0 aromatic heterocycles. The lowest BCUT2D eigenvalue weighted by Gasteiger charge is -2.49. The molecule has 122 valence electrons. The van der Waals surface area contributed by atoms with E-state index in [4.69, 9.17) is 0 Å². The third-order valence-corrected chi connectivity index (χ3v) is 6.67. The van der Waals surface area contributed by atoms with Crippen LogP contribution >= 0.6 is 0 Å². The Morgan fingerprint density at radius 3 is 2.38 bits per heavy atom. The van der Waals surface area contributed by atoms with E-state index in [1.54, 1.807) is 0 Å². The summed E-state index contributed by atoms with van der Waals surface area (Å²) in [6.45, 7) is 11.2.